The molecule has 1 unspecified atom stereocenters. The summed E-state index contributed by atoms with van der Waals surface area (Å²) in [6, 6.07) is 15.3. The Morgan fingerprint density at radius 3 is 2.12 bits per heavy atom. The Bertz CT molecular complexity index is 841. The Kier molecular flexibility index (Phi) is 14.7. The minimum Gasteiger partial charge on any atom is -0.341 e. The molecule has 0 bridgehead atoms. The molecule has 1 aliphatic heterocycles. The number of carbonyl (C=O) groups excluding carboxylic acids is 2. The van der Waals surface area contributed by atoms with Gasteiger partial charge in [-0.3, -0.25) is 4.79 Å². The first-order chi connectivity index (χ1) is 16.4. The van der Waals surface area contributed by atoms with Crippen LogP contribution in [0.2, 0.25) is 5.02 Å². The van der Waals surface area contributed by atoms with Gasteiger partial charge in [0.15, 0.2) is 0 Å². The second-order valence-corrected chi connectivity index (χ2v) is 8.55. The topological polar surface area (TPSA) is 73.5 Å². The number of urea groups is 1. The highest BCUT2D eigenvalue weighted by Gasteiger charge is 2.24. The van der Waals surface area contributed by atoms with Crippen LogP contribution >= 0.6 is 11.6 Å². The summed E-state index contributed by atoms with van der Waals surface area (Å²) in [6.45, 7) is 11.0. The zero-order valence-electron chi connectivity index (χ0n) is 21.3. The molecule has 188 valence electrons. The van der Waals surface area contributed by atoms with Gasteiger partial charge in [-0.25, -0.2) is 4.79 Å². The van der Waals surface area contributed by atoms with Crippen molar-refractivity contribution in [3.63, 3.8) is 0 Å². The molecule has 3 amide bonds. The summed E-state index contributed by atoms with van der Waals surface area (Å²) in [5, 5.41) is 9.33. The third-order valence-corrected chi connectivity index (χ3v) is 5.51. The molecule has 0 radical (unpaired) electrons. The third-order valence-electron chi connectivity index (χ3n) is 5.26. The monoisotopic (exact) mass is 488 g/mol. The van der Waals surface area contributed by atoms with Gasteiger partial charge in [-0.2, -0.15) is 0 Å². The van der Waals surface area contributed by atoms with E-state index < -0.39 is 0 Å². The highest BCUT2D eigenvalue weighted by molar-refractivity contribution is 6.30. The second kappa shape index (κ2) is 17.0. The summed E-state index contributed by atoms with van der Waals surface area (Å²) >= 11 is 5.67. The maximum atomic E-state index is 12.5. The lowest BCUT2D eigenvalue weighted by atomic mass is 10.1. The summed E-state index contributed by atoms with van der Waals surface area (Å²) in [5.74, 6) is 0.167. The number of hydrogen-bond acceptors (Lipinski definition) is 3. The molecule has 3 N–H and O–H groups in total. The number of aryl methyl sites for hydroxylation is 1. The van der Waals surface area contributed by atoms with E-state index in [0.717, 1.165) is 43.1 Å². The number of amides is 3. The minimum absolute atomic E-state index is 0.167. The van der Waals surface area contributed by atoms with Crippen LogP contribution in [0.3, 0.4) is 0 Å². The molecule has 0 aliphatic carbocycles. The lowest BCUT2D eigenvalue weighted by molar-refractivity contribution is -0.133. The Labute approximate surface area is 210 Å². The summed E-state index contributed by atoms with van der Waals surface area (Å²) in [7, 11) is 1.57. The number of halogens is 1. The first-order valence-electron chi connectivity index (χ1n) is 12.2. The number of nitrogens with zero attached hydrogens (tertiary/aromatic N) is 1. The van der Waals surface area contributed by atoms with Crippen molar-refractivity contribution >= 4 is 29.2 Å². The SMILES string of the molecule is CCC.CCC1CNCCN1C(=O)Cc1ccc(NC(=O)NC)cc1.CCc1ccc(Cl)cc1. The van der Waals surface area contributed by atoms with Crippen LogP contribution in [0.5, 0.6) is 0 Å². The molecule has 1 aliphatic rings. The summed E-state index contributed by atoms with van der Waals surface area (Å²) in [5.41, 5.74) is 3.00. The molecule has 1 fully saturated rings. The summed E-state index contributed by atoms with van der Waals surface area (Å²) in [4.78, 5) is 25.7. The van der Waals surface area contributed by atoms with Crippen molar-refractivity contribution in [1.82, 2.24) is 15.5 Å². The normalized spacial score (nSPS) is 14.6. The molecular formula is C27H41ClN4O2. The van der Waals surface area contributed by atoms with E-state index in [1.165, 1.54) is 12.0 Å². The van der Waals surface area contributed by atoms with Crippen LogP contribution in [-0.2, 0) is 17.6 Å². The van der Waals surface area contributed by atoms with Crippen LogP contribution in [0.4, 0.5) is 10.5 Å². The maximum Gasteiger partial charge on any atom is 0.318 e. The molecular weight excluding hydrogens is 448 g/mol. The van der Waals surface area contributed by atoms with Gasteiger partial charge in [-0.15, -0.1) is 0 Å². The Hall–Kier alpha value is -2.57. The molecule has 0 aromatic heterocycles. The Morgan fingerprint density at radius 1 is 1.00 bits per heavy atom. The Morgan fingerprint density at radius 2 is 1.59 bits per heavy atom. The number of piperazine rings is 1. The molecule has 0 spiro atoms. The molecule has 0 saturated carbocycles. The quantitative estimate of drug-likeness (QED) is 0.519. The third kappa shape index (κ3) is 11.0. The molecule has 1 atom stereocenters. The average molecular weight is 489 g/mol. The van der Waals surface area contributed by atoms with Crippen molar-refractivity contribution in [2.75, 3.05) is 32.0 Å². The maximum absolute atomic E-state index is 12.5. The van der Waals surface area contributed by atoms with Crippen LogP contribution in [0.25, 0.3) is 0 Å². The van der Waals surface area contributed by atoms with Crippen molar-refractivity contribution in [3.8, 4) is 0 Å². The summed E-state index contributed by atoms with van der Waals surface area (Å²) < 4.78 is 0. The largest absolute Gasteiger partial charge is 0.341 e. The van der Waals surface area contributed by atoms with E-state index in [4.69, 9.17) is 11.6 Å². The van der Waals surface area contributed by atoms with Crippen LogP contribution in [-0.4, -0.2) is 49.6 Å². The summed E-state index contributed by atoms with van der Waals surface area (Å²) in [6.07, 6.45) is 3.70. The predicted octanol–water partition coefficient (Wildman–Crippen LogP) is 5.51. The van der Waals surface area contributed by atoms with Gasteiger partial charge in [0, 0.05) is 43.4 Å². The Balaban J connectivity index is 0.000000398. The fraction of sp³-hybridized carbons (Fsp3) is 0.481. The second-order valence-electron chi connectivity index (χ2n) is 8.12. The predicted molar refractivity (Wildman–Crippen MR) is 144 cm³/mol. The van der Waals surface area contributed by atoms with Crippen LogP contribution in [0.1, 0.15) is 51.7 Å². The molecule has 2 aromatic carbocycles. The van der Waals surface area contributed by atoms with Gasteiger partial charge in [-0.1, -0.05) is 70.0 Å². The van der Waals surface area contributed by atoms with E-state index in [-0.39, 0.29) is 18.0 Å². The van der Waals surface area contributed by atoms with Crippen molar-refractivity contribution in [3.05, 3.63) is 64.7 Å². The van der Waals surface area contributed by atoms with Crippen molar-refractivity contribution < 1.29 is 9.59 Å². The van der Waals surface area contributed by atoms with Gasteiger partial charge in [0.05, 0.1) is 6.42 Å². The number of rotatable bonds is 5. The van der Waals surface area contributed by atoms with E-state index in [9.17, 15) is 9.59 Å². The average Bonchev–Trinajstić information content (AvgIpc) is 2.86. The minimum atomic E-state index is -0.254. The first-order valence-corrected chi connectivity index (χ1v) is 12.6. The zero-order valence-corrected chi connectivity index (χ0v) is 22.0. The van der Waals surface area contributed by atoms with Gasteiger partial charge in [0.25, 0.3) is 0 Å². The molecule has 7 heteroatoms. The highest BCUT2D eigenvalue weighted by Crippen LogP contribution is 2.14. The number of benzene rings is 2. The van der Waals surface area contributed by atoms with Crippen molar-refractivity contribution in [2.45, 2.75) is 59.4 Å². The van der Waals surface area contributed by atoms with Crippen molar-refractivity contribution in [2.24, 2.45) is 0 Å². The van der Waals surface area contributed by atoms with E-state index >= 15 is 0 Å². The van der Waals surface area contributed by atoms with Gasteiger partial charge < -0.3 is 20.9 Å². The molecule has 1 saturated heterocycles. The fourth-order valence-electron chi connectivity index (χ4n) is 3.35. The zero-order chi connectivity index (χ0) is 25.3. The molecule has 1 heterocycles. The van der Waals surface area contributed by atoms with E-state index in [1.807, 2.05) is 53.4 Å². The van der Waals surface area contributed by atoms with Crippen molar-refractivity contribution in [1.29, 1.82) is 0 Å². The number of anilines is 1. The number of hydrogen-bond donors (Lipinski definition) is 3. The molecule has 2 aromatic rings. The fourth-order valence-corrected chi connectivity index (χ4v) is 3.48. The lowest BCUT2D eigenvalue weighted by Crippen LogP contribution is -2.53. The van der Waals surface area contributed by atoms with Gasteiger partial charge >= 0.3 is 6.03 Å². The standard InChI is InChI=1S/C16H24N4O2.C8H9Cl.C3H8/c1-3-14-11-18-8-9-20(14)15(21)10-12-4-6-13(7-5-12)19-16(22)17-2;1-2-7-3-5-8(9)6-4-7;1-3-2/h4-7,14,18H,3,8-11H2,1-2H3,(H2,17,19,22);3-6H,2H2,1H3;3H2,1-2H3. The van der Waals surface area contributed by atoms with Gasteiger partial charge in [0.1, 0.15) is 0 Å². The molecule has 3 rings (SSSR count). The molecule has 34 heavy (non-hydrogen) atoms. The number of nitrogens with one attached hydrogen (secondary N) is 3. The first kappa shape index (κ1) is 29.5. The highest BCUT2D eigenvalue weighted by atomic mass is 35.5. The van der Waals surface area contributed by atoms with Gasteiger partial charge in [-0.05, 0) is 48.2 Å². The number of carbonyl (C=O) groups is 2. The van der Waals surface area contributed by atoms with Crippen LogP contribution in [0, 0.1) is 0 Å². The van der Waals surface area contributed by atoms with Crippen LogP contribution < -0.4 is 16.0 Å². The van der Waals surface area contributed by atoms with Crippen LogP contribution in [0.15, 0.2) is 48.5 Å². The van der Waals surface area contributed by atoms with E-state index in [2.05, 4.69) is 43.6 Å². The van der Waals surface area contributed by atoms with E-state index in [0.29, 0.717) is 12.1 Å². The smallest absolute Gasteiger partial charge is 0.318 e. The van der Waals surface area contributed by atoms with E-state index in [1.54, 1.807) is 7.05 Å². The van der Waals surface area contributed by atoms with Gasteiger partial charge in [0.2, 0.25) is 5.91 Å². The molecule has 6 nitrogen and oxygen atoms in total. The lowest BCUT2D eigenvalue weighted by Gasteiger charge is -2.35.